The van der Waals surface area contributed by atoms with Gasteiger partial charge in [0.2, 0.25) is 5.91 Å². The molecule has 3 heteroatoms. The van der Waals surface area contributed by atoms with Crippen molar-refractivity contribution < 1.29 is 9.53 Å². The fourth-order valence-corrected chi connectivity index (χ4v) is 4.61. The molecule has 0 spiro atoms. The standard InChI is InChI=1S/C26H35NO2/c1-4-25(28)27(20-21-11-7-5-8-12-21)17-15-24(22-13-9-6-10-14-22)23-16-18-29-26(2,3)19-23/h5-14,23-24H,4,15-20H2,1-3H3/t23-,24-/m0/s1. The molecule has 1 fully saturated rings. The molecule has 2 aromatic carbocycles. The SMILES string of the molecule is CCC(=O)N(CC[C@@H](c1ccccc1)[C@H]1CCOC(C)(C)C1)Cc1ccccc1. The number of benzene rings is 2. The topological polar surface area (TPSA) is 29.5 Å². The van der Waals surface area contributed by atoms with E-state index in [2.05, 4.69) is 56.3 Å². The molecule has 3 nitrogen and oxygen atoms in total. The number of carbonyl (C=O) groups excluding carboxylic acids is 1. The van der Waals surface area contributed by atoms with Crippen molar-refractivity contribution in [1.29, 1.82) is 0 Å². The zero-order valence-corrected chi connectivity index (χ0v) is 18.1. The van der Waals surface area contributed by atoms with Crippen molar-refractivity contribution in [2.75, 3.05) is 13.2 Å². The van der Waals surface area contributed by atoms with Crippen LogP contribution >= 0.6 is 0 Å². The average molecular weight is 394 g/mol. The molecule has 2 atom stereocenters. The Balaban J connectivity index is 1.76. The number of hydrogen-bond donors (Lipinski definition) is 0. The van der Waals surface area contributed by atoms with Crippen molar-refractivity contribution >= 4 is 5.91 Å². The van der Waals surface area contributed by atoms with E-state index in [0.29, 0.717) is 24.8 Å². The van der Waals surface area contributed by atoms with Crippen molar-refractivity contribution in [3.05, 3.63) is 71.8 Å². The Labute approximate surface area is 176 Å². The lowest BCUT2D eigenvalue weighted by atomic mass is 9.75. The highest BCUT2D eigenvalue weighted by Gasteiger charge is 2.34. The van der Waals surface area contributed by atoms with Crippen LogP contribution in [-0.4, -0.2) is 29.6 Å². The predicted molar refractivity (Wildman–Crippen MR) is 119 cm³/mol. The number of nitrogens with zero attached hydrogens (tertiary/aromatic N) is 1. The Morgan fingerprint density at radius 2 is 1.76 bits per heavy atom. The third kappa shape index (κ3) is 6.17. The van der Waals surface area contributed by atoms with Gasteiger partial charge in [0.25, 0.3) is 0 Å². The molecular formula is C26H35NO2. The second kappa shape index (κ2) is 10.1. The summed E-state index contributed by atoms with van der Waals surface area (Å²) in [6, 6.07) is 21.1. The first kappa shape index (κ1) is 21.6. The van der Waals surface area contributed by atoms with Crippen molar-refractivity contribution in [3.63, 3.8) is 0 Å². The van der Waals surface area contributed by atoms with Gasteiger partial charge in [-0.15, -0.1) is 0 Å². The molecule has 1 aliphatic rings. The lowest BCUT2D eigenvalue weighted by Crippen LogP contribution is -2.37. The summed E-state index contributed by atoms with van der Waals surface area (Å²) in [7, 11) is 0. The van der Waals surface area contributed by atoms with Gasteiger partial charge >= 0.3 is 0 Å². The Morgan fingerprint density at radius 1 is 1.10 bits per heavy atom. The van der Waals surface area contributed by atoms with Crippen molar-refractivity contribution in [2.24, 2.45) is 5.92 Å². The minimum atomic E-state index is -0.0705. The van der Waals surface area contributed by atoms with Crippen LogP contribution in [0.5, 0.6) is 0 Å². The van der Waals surface area contributed by atoms with Gasteiger partial charge in [0.05, 0.1) is 5.60 Å². The van der Waals surface area contributed by atoms with Gasteiger partial charge in [0.15, 0.2) is 0 Å². The van der Waals surface area contributed by atoms with Crippen molar-refractivity contribution in [1.82, 2.24) is 4.90 Å². The molecule has 0 N–H and O–H groups in total. The minimum Gasteiger partial charge on any atom is -0.376 e. The summed E-state index contributed by atoms with van der Waals surface area (Å²) in [5, 5.41) is 0. The normalized spacial score (nSPS) is 19.5. The van der Waals surface area contributed by atoms with Crippen LogP contribution in [0.1, 0.15) is 63.5 Å². The quantitative estimate of drug-likeness (QED) is 0.567. The van der Waals surface area contributed by atoms with Gasteiger partial charge in [-0.1, -0.05) is 67.6 Å². The van der Waals surface area contributed by atoms with Gasteiger partial charge in [0, 0.05) is 26.1 Å². The molecule has 0 aromatic heterocycles. The van der Waals surface area contributed by atoms with Crippen LogP contribution in [0.15, 0.2) is 60.7 Å². The summed E-state index contributed by atoms with van der Waals surface area (Å²) in [6.45, 7) is 8.65. The maximum atomic E-state index is 12.7. The molecule has 0 bridgehead atoms. The first-order valence-corrected chi connectivity index (χ1v) is 11.0. The van der Waals surface area contributed by atoms with E-state index in [1.165, 1.54) is 11.1 Å². The largest absolute Gasteiger partial charge is 0.376 e. The molecule has 1 heterocycles. The Bertz CT molecular complexity index is 757. The van der Waals surface area contributed by atoms with Crippen LogP contribution in [0.25, 0.3) is 0 Å². The zero-order valence-electron chi connectivity index (χ0n) is 18.1. The van der Waals surface area contributed by atoms with Crippen molar-refractivity contribution in [2.45, 2.75) is 64.5 Å². The van der Waals surface area contributed by atoms with E-state index in [0.717, 1.165) is 32.4 Å². The number of carbonyl (C=O) groups is 1. The first-order valence-electron chi connectivity index (χ1n) is 11.0. The minimum absolute atomic E-state index is 0.0705. The summed E-state index contributed by atoms with van der Waals surface area (Å²) >= 11 is 0. The van der Waals surface area contributed by atoms with Crippen LogP contribution in [0.2, 0.25) is 0 Å². The second-order valence-electron chi connectivity index (χ2n) is 8.82. The van der Waals surface area contributed by atoms with Gasteiger partial charge in [-0.3, -0.25) is 4.79 Å². The average Bonchev–Trinajstić information content (AvgIpc) is 2.73. The molecule has 0 unspecified atom stereocenters. The molecule has 1 aliphatic heterocycles. The van der Waals surface area contributed by atoms with Crippen LogP contribution in [-0.2, 0) is 16.1 Å². The van der Waals surface area contributed by atoms with E-state index in [1.807, 2.05) is 30.0 Å². The van der Waals surface area contributed by atoms with E-state index < -0.39 is 0 Å². The number of amides is 1. The van der Waals surface area contributed by atoms with Crippen LogP contribution in [0, 0.1) is 5.92 Å². The van der Waals surface area contributed by atoms with E-state index in [1.54, 1.807) is 0 Å². The smallest absolute Gasteiger partial charge is 0.222 e. The predicted octanol–water partition coefficient (Wildman–Crippen LogP) is 5.80. The lowest BCUT2D eigenvalue weighted by molar-refractivity contribution is -0.131. The number of ether oxygens (including phenoxy) is 1. The summed E-state index contributed by atoms with van der Waals surface area (Å²) in [5.41, 5.74) is 2.51. The van der Waals surface area contributed by atoms with E-state index in [9.17, 15) is 4.79 Å². The van der Waals surface area contributed by atoms with Gasteiger partial charge in [-0.05, 0) is 56.1 Å². The fourth-order valence-electron chi connectivity index (χ4n) is 4.61. The van der Waals surface area contributed by atoms with E-state index in [4.69, 9.17) is 4.74 Å². The monoisotopic (exact) mass is 393 g/mol. The number of hydrogen-bond acceptors (Lipinski definition) is 2. The Hall–Kier alpha value is -2.13. The van der Waals surface area contributed by atoms with Crippen LogP contribution in [0.4, 0.5) is 0 Å². The summed E-state index contributed by atoms with van der Waals surface area (Å²) in [5.74, 6) is 1.26. The summed E-state index contributed by atoms with van der Waals surface area (Å²) in [4.78, 5) is 14.7. The molecule has 1 amide bonds. The highest BCUT2D eigenvalue weighted by Crippen LogP contribution is 2.40. The maximum absolute atomic E-state index is 12.7. The zero-order chi connectivity index (χ0) is 20.7. The van der Waals surface area contributed by atoms with E-state index >= 15 is 0 Å². The van der Waals surface area contributed by atoms with Gasteiger partial charge in [0.1, 0.15) is 0 Å². The van der Waals surface area contributed by atoms with Crippen molar-refractivity contribution in [3.8, 4) is 0 Å². The highest BCUT2D eigenvalue weighted by molar-refractivity contribution is 5.75. The van der Waals surface area contributed by atoms with Gasteiger partial charge < -0.3 is 9.64 Å². The number of rotatable bonds is 8. The van der Waals surface area contributed by atoms with Gasteiger partial charge in [-0.2, -0.15) is 0 Å². The summed E-state index contributed by atoms with van der Waals surface area (Å²) < 4.78 is 5.98. The van der Waals surface area contributed by atoms with Gasteiger partial charge in [-0.25, -0.2) is 0 Å². The maximum Gasteiger partial charge on any atom is 0.222 e. The van der Waals surface area contributed by atoms with Crippen LogP contribution < -0.4 is 0 Å². The molecule has 0 saturated carbocycles. The molecular weight excluding hydrogens is 358 g/mol. The summed E-state index contributed by atoms with van der Waals surface area (Å²) in [6.07, 6.45) is 3.69. The third-order valence-electron chi connectivity index (χ3n) is 6.11. The highest BCUT2D eigenvalue weighted by atomic mass is 16.5. The Morgan fingerprint density at radius 3 is 2.38 bits per heavy atom. The van der Waals surface area contributed by atoms with E-state index in [-0.39, 0.29) is 11.5 Å². The first-order chi connectivity index (χ1) is 14.0. The molecule has 29 heavy (non-hydrogen) atoms. The molecule has 0 aliphatic carbocycles. The third-order valence-corrected chi connectivity index (χ3v) is 6.11. The molecule has 3 rings (SSSR count). The Kier molecular flexibility index (Phi) is 7.49. The second-order valence-corrected chi connectivity index (χ2v) is 8.82. The molecule has 0 radical (unpaired) electrons. The molecule has 1 saturated heterocycles. The molecule has 2 aromatic rings. The fraction of sp³-hybridized carbons (Fsp3) is 0.500. The lowest BCUT2D eigenvalue weighted by Gasteiger charge is -2.40. The van der Waals surface area contributed by atoms with Crippen LogP contribution in [0.3, 0.4) is 0 Å². The molecule has 156 valence electrons.